The zero-order valence-corrected chi connectivity index (χ0v) is 29.5. The third-order valence-electron chi connectivity index (χ3n) is 8.46. The quantitative estimate of drug-likeness (QED) is 0.162. The molecule has 4 aromatic rings. The molecule has 0 radical (unpaired) electrons. The minimum atomic E-state index is -4.87. The van der Waals surface area contributed by atoms with Gasteiger partial charge in [0.15, 0.2) is 0 Å². The second-order valence-electron chi connectivity index (χ2n) is 13.4. The Bertz CT molecular complexity index is 2020. The highest BCUT2D eigenvalue weighted by atomic mass is 19.4. The minimum Gasteiger partial charge on any atom is -0.481 e. The summed E-state index contributed by atoms with van der Waals surface area (Å²) in [6.45, 7) is 6.63. The smallest absolute Gasteiger partial charge is 0.431 e. The monoisotopic (exact) mass is 714 g/mol. The van der Waals surface area contributed by atoms with Gasteiger partial charge in [0, 0.05) is 37.3 Å². The van der Waals surface area contributed by atoms with Gasteiger partial charge < -0.3 is 25.2 Å². The Morgan fingerprint density at radius 1 is 1.02 bits per heavy atom. The maximum absolute atomic E-state index is 15.9. The first kappa shape index (κ1) is 38.7. The molecule has 274 valence electrons. The van der Waals surface area contributed by atoms with E-state index in [9.17, 15) is 37.5 Å². The van der Waals surface area contributed by atoms with Crippen LogP contribution in [0.4, 0.5) is 17.6 Å². The summed E-state index contributed by atoms with van der Waals surface area (Å²) >= 11 is 0. The van der Waals surface area contributed by atoms with Crippen LogP contribution in [0.3, 0.4) is 0 Å². The van der Waals surface area contributed by atoms with Gasteiger partial charge in [-0.15, -0.1) is 0 Å². The fourth-order valence-electron chi connectivity index (χ4n) is 6.04. The first-order chi connectivity index (χ1) is 23.8. The van der Waals surface area contributed by atoms with Crippen molar-refractivity contribution in [3.63, 3.8) is 0 Å². The number of nitrogens with one attached hydrogen (secondary N) is 2. The van der Waals surface area contributed by atoms with E-state index in [-0.39, 0.29) is 36.6 Å². The number of carboxylic acids is 1. The van der Waals surface area contributed by atoms with E-state index in [1.165, 1.54) is 13.0 Å². The number of nitrogens with zero attached hydrogens (tertiary/aromatic N) is 4. The van der Waals surface area contributed by atoms with Gasteiger partial charge in [-0.25, -0.2) is 4.39 Å². The summed E-state index contributed by atoms with van der Waals surface area (Å²) in [5.41, 5.74) is -0.0445. The number of aromatic nitrogens is 3. The summed E-state index contributed by atoms with van der Waals surface area (Å²) in [6.07, 6.45) is -3.75. The number of hydrogen-bond donors (Lipinski definition) is 3. The third-order valence-corrected chi connectivity index (χ3v) is 8.46. The highest BCUT2D eigenvalue weighted by Gasteiger charge is 2.36. The van der Waals surface area contributed by atoms with E-state index in [2.05, 4.69) is 15.7 Å². The van der Waals surface area contributed by atoms with Crippen molar-refractivity contribution in [3.05, 3.63) is 86.7 Å². The number of amides is 2. The van der Waals surface area contributed by atoms with Crippen LogP contribution in [0.1, 0.15) is 65.5 Å². The lowest BCUT2D eigenvalue weighted by Gasteiger charge is -2.25. The molecule has 0 unspecified atom stereocenters. The predicted octanol–water partition coefficient (Wildman–Crippen LogP) is 5.22. The van der Waals surface area contributed by atoms with Gasteiger partial charge >= 0.3 is 12.1 Å². The van der Waals surface area contributed by atoms with Crippen LogP contribution in [0.5, 0.6) is 0 Å². The molecule has 0 aliphatic carbocycles. The average molecular weight is 715 g/mol. The third kappa shape index (κ3) is 9.01. The molecular weight excluding hydrogens is 672 g/mol. The summed E-state index contributed by atoms with van der Waals surface area (Å²) in [5.74, 6) is -4.23. The number of aliphatic carboxylic acids is 1. The number of alkyl halides is 3. The van der Waals surface area contributed by atoms with E-state index in [1.54, 1.807) is 50.6 Å². The Labute approximate surface area is 292 Å². The summed E-state index contributed by atoms with van der Waals surface area (Å²) in [7, 11) is 5.00. The van der Waals surface area contributed by atoms with Crippen LogP contribution in [-0.2, 0) is 29.4 Å². The Balaban J connectivity index is 1.72. The van der Waals surface area contributed by atoms with E-state index in [0.29, 0.717) is 21.7 Å². The van der Waals surface area contributed by atoms with Gasteiger partial charge in [0.1, 0.15) is 23.1 Å². The molecule has 0 saturated heterocycles. The Hall–Kier alpha value is -5.05. The van der Waals surface area contributed by atoms with Crippen LogP contribution >= 0.6 is 0 Å². The molecular formula is C36H42F4N6O5. The number of rotatable bonds is 13. The Morgan fingerprint density at radius 2 is 1.71 bits per heavy atom. The van der Waals surface area contributed by atoms with Crippen molar-refractivity contribution >= 4 is 28.7 Å². The van der Waals surface area contributed by atoms with Crippen molar-refractivity contribution in [2.45, 2.75) is 65.3 Å². The second kappa shape index (κ2) is 15.5. The minimum absolute atomic E-state index is 0.0105. The number of benzene rings is 2. The first-order valence-corrected chi connectivity index (χ1v) is 16.3. The van der Waals surface area contributed by atoms with Crippen LogP contribution in [0.2, 0.25) is 0 Å². The molecule has 0 fully saturated rings. The number of halogens is 4. The van der Waals surface area contributed by atoms with Gasteiger partial charge in [-0.3, -0.25) is 23.9 Å². The number of carbonyl (C=O) groups excluding carboxylic acids is 2. The van der Waals surface area contributed by atoms with Gasteiger partial charge in [-0.05, 0) is 92.9 Å². The first-order valence-electron chi connectivity index (χ1n) is 16.3. The number of likely N-dealkylation sites (N-methyl/N-ethyl adjacent to an activating group) is 1. The van der Waals surface area contributed by atoms with Crippen molar-refractivity contribution in [3.8, 4) is 11.1 Å². The van der Waals surface area contributed by atoms with E-state index < -0.39 is 65.1 Å². The highest BCUT2D eigenvalue weighted by Crippen LogP contribution is 2.36. The van der Waals surface area contributed by atoms with Crippen molar-refractivity contribution in [1.29, 1.82) is 0 Å². The Morgan fingerprint density at radius 3 is 2.31 bits per heavy atom. The zero-order valence-electron chi connectivity index (χ0n) is 29.5. The van der Waals surface area contributed by atoms with Crippen molar-refractivity contribution in [2.24, 2.45) is 13.0 Å². The highest BCUT2D eigenvalue weighted by molar-refractivity contribution is 5.98. The number of carbonyl (C=O) groups is 3. The van der Waals surface area contributed by atoms with Gasteiger partial charge in [-0.2, -0.15) is 18.3 Å². The average Bonchev–Trinajstić information content (AvgIpc) is 3.39. The van der Waals surface area contributed by atoms with E-state index >= 15 is 4.39 Å². The largest absolute Gasteiger partial charge is 0.481 e. The fourth-order valence-corrected chi connectivity index (χ4v) is 6.04. The standard InChI is InChI=1S/C36H42F4N6O5/c1-19(2)14-28(42-33(49)23-9-11-29(36(38,39)40)46(35(23)51)13-12-44(5)6)34(50)41-27(17-30(47)48)24-16-22(15-21(4)32(24)37)31-20(3)8-10-26-25(31)18-45(7)43-26/h8-11,15-16,18-19,27-28H,12-14,17H2,1-7H3,(H,41,50)(H,42,49)(H,47,48)/t27-,28-/m0/s1. The maximum Gasteiger partial charge on any atom is 0.431 e. The molecule has 51 heavy (non-hydrogen) atoms. The lowest BCUT2D eigenvalue weighted by atomic mass is 9.91. The number of hydrogen-bond acceptors (Lipinski definition) is 6. The van der Waals surface area contributed by atoms with Crippen LogP contribution < -0.4 is 16.2 Å². The number of aryl methyl sites for hydroxylation is 3. The lowest BCUT2D eigenvalue weighted by Crippen LogP contribution is -2.50. The molecule has 0 saturated carbocycles. The van der Waals surface area contributed by atoms with Crippen molar-refractivity contribution in [1.82, 2.24) is 29.9 Å². The van der Waals surface area contributed by atoms with Crippen molar-refractivity contribution < 1.29 is 37.1 Å². The Kier molecular flexibility index (Phi) is 11.7. The van der Waals surface area contributed by atoms with Crippen LogP contribution in [0.15, 0.2) is 47.4 Å². The molecule has 4 rings (SSSR count). The molecule has 2 atom stereocenters. The summed E-state index contributed by atoms with van der Waals surface area (Å²) < 4.78 is 59.3. The topological polar surface area (TPSA) is 139 Å². The molecule has 2 aromatic heterocycles. The van der Waals surface area contributed by atoms with E-state index in [0.717, 1.165) is 22.6 Å². The molecule has 0 bridgehead atoms. The van der Waals surface area contributed by atoms with Gasteiger partial charge in [0.05, 0.1) is 18.0 Å². The maximum atomic E-state index is 15.9. The molecule has 2 heterocycles. The lowest BCUT2D eigenvalue weighted by molar-refractivity contribution is -0.144. The van der Waals surface area contributed by atoms with E-state index in [4.69, 9.17) is 0 Å². The number of fused-ring (bicyclic) bond motifs is 1. The normalized spacial score (nSPS) is 13.1. The molecule has 2 aromatic carbocycles. The summed E-state index contributed by atoms with van der Waals surface area (Å²) in [5, 5.41) is 20.1. The molecule has 0 aliphatic rings. The zero-order chi connectivity index (χ0) is 37.9. The molecule has 2 amide bonds. The fraction of sp³-hybridized carbons (Fsp3) is 0.417. The van der Waals surface area contributed by atoms with Gasteiger partial charge in [-0.1, -0.05) is 19.9 Å². The molecule has 11 nitrogen and oxygen atoms in total. The predicted molar refractivity (Wildman–Crippen MR) is 184 cm³/mol. The molecule has 15 heteroatoms. The number of pyridine rings is 1. The van der Waals surface area contributed by atoms with Crippen molar-refractivity contribution in [2.75, 3.05) is 20.6 Å². The molecule has 0 aliphatic heterocycles. The second-order valence-corrected chi connectivity index (χ2v) is 13.4. The van der Waals surface area contributed by atoms with Crippen LogP contribution in [0.25, 0.3) is 22.0 Å². The van der Waals surface area contributed by atoms with Crippen LogP contribution in [0, 0.1) is 25.6 Å². The van der Waals surface area contributed by atoms with E-state index in [1.807, 2.05) is 25.3 Å². The van der Waals surface area contributed by atoms with Crippen LogP contribution in [-0.4, -0.2) is 68.8 Å². The molecule has 0 spiro atoms. The summed E-state index contributed by atoms with van der Waals surface area (Å²) in [4.78, 5) is 54.1. The number of carboxylic acid groups (broad SMARTS) is 1. The molecule has 3 N–H and O–H groups in total. The summed E-state index contributed by atoms with van der Waals surface area (Å²) in [6, 6.07) is 5.49. The SMILES string of the molecule is Cc1cc(-c2c(C)ccc3nn(C)cc23)cc([C@H](CC(=O)O)NC(=O)[C@H](CC(C)C)NC(=O)c2ccc(C(F)(F)F)n(CCN(C)C)c2=O)c1F. The van der Waals surface area contributed by atoms with Gasteiger partial charge in [0.25, 0.3) is 11.5 Å². The van der Waals surface area contributed by atoms with Gasteiger partial charge in [0.2, 0.25) is 5.91 Å².